The molecule has 0 radical (unpaired) electrons. The average molecular weight is 252 g/mol. The maximum absolute atomic E-state index is 8.76. The van der Waals surface area contributed by atoms with Gasteiger partial charge in [-0.2, -0.15) is 0 Å². The molecule has 1 aliphatic rings. The summed E-state index contributed by atoms with van der Waals surface area (Å²) >= 11 is 5.09. The Morgan fingerprint density at radius 2 is 2.12 bits per heavy atom. The van der Waals surface area contributed by atoms with E-state index in [-0.39, 0.29) is 6.73 Å². The van der Waals surface area contributed by atoms with E-state index >= 15 is 0 Å². The molecule has 0 saturated carbocycles. The monoisotopic (exact) mass is 252 g/mol. The number of rotatable bonds is 3. The van der Waals surface area contributed by atoms with E-state index in [0.29, 0.717) is 10.7 Å². The van der Waals surface area contributed by atoms with Crippen molar-refractivity contribution in [1.82, 2.24) is 15.3 Å². The molecule has 0 unspecified atom stereocenters. The van der Waals surface area contributed by atoms with E-state index in [1.165, 1.54) is 19.3 Å². The molecule has 0 aromatic carbocycles. The lowest BCUT2D eigenvalue weighted by Gasteiger charge is -2.27. The quantitative estimate of drug-likeness (QED) is 0.609. The molecular formula is C11H16N4OS. The Hall–Kier alpha value is -1.27. The second-order valence-electron chi connectivity index (χ2n) is 3.97. The molecule has 2 N–H and O–H groups in total. The van der Waals surface area contributed by atoms with Crippen molar-refractivity contribution in [3.05, 3.63) is 18.1 Å². The van der Waals surface area contributed by atoms with Crippen molar-refractivity contribution < 1.29 is 5.11 Å². The largest absolute Gasteiger partial charge is 0.377 e. The van der Waals surface area contributed by atoms with Gasteiger partial charge in [0.25, 0.3) is 0 Å². The van der Waals surface area contributed by atoms with E-state index < -0.39 is 0 Å². The summed E-state index contributed by atoms with van der Waals surface area (Å²) in [6.45, 7) is 1.87. The lowest BCUT2D eigenvalue weighted by atomic mass is 10.1. The Morgan fingerprint density at radius 1 is 1.35 bits per heavy atom. The Bertz CT molecular complexity index is 393. The first-order valence-corrected chi connectivity index (χ1v) is 6.18. The lowest BCUT2D eigenvalue weighted by Crippen LogP contribution is -2.31. The molecule has 0 spiro atoms. The fourth-order valence-electron chi connectivity index (χ4n) is 1.90. The van der Waals surface area contributed by atoms with Crippen LogP contribution in [0.15, 0.2) is 12.4 Å². The third kappa shape index (κ3) is 3.10. The first-order chi connectivity index (χ1) is 8.31. The molecule has 17 heavy (non-hydrogen) atoms. The number of anilines is 1. The minimum Gasteiger partial charge on any atom is -0.377 e. The van der Waals surface area contributed by atoms with Crippen molar-refractivity contribution in [2.45, 2.75) is 19.3 Å². The van der Waals surface area contributed by atoms with Crippen LogP contribution in [0.1, 0.15) is 25.0 Å². The number of nitrogens with zero attached hydrogens (tertiary/aromatic N) is 3. The maximum Gasteiger partial charge on any atom is 0.147 e. The fraction of sp³-hybridized carbons (Fsp3) is 0.545. The summed E-state index contributed by atoms with van der Waals surface area (Å²) in [5.41, 5.74) is 0.608. The second-order valence-corrected chi connectivity index (χ2v) is 4.38. The predicted molar refractivity (Wildman–Crippen MR) is 70.0 cm³/mol. The van der Waals surface area contributed by atoms with Gasteiger partial charge in [0.1, 0.15) is 23.2 Å². The number of piperidine rings is 1. The van der Waals surface area contributed by atoms with E-state index in [0.717, 1.165) is 18.9 Å². The third-order valence-electron chi connectivity index (χ3n) is 2.77. The van der Waals surface area contributed by atoms with Crippen LogP contribution < -0.4 is 10.2 Å². The van der Waals surface area contributed by atoms with E-state index in [2.05, 4.69) is 20.2 Å². The number of aliphatic hydroxyl groups excluding tert-OH is 1. The molecule has 6 heteroatoms. The smallest absolute Gasteiger partial charge is 0.147 e. The first-order valence-electron chi connectivity index (χ1n) is 5.77. The molecule has 0 amide bonds. The topological polar surface area (TPSA) is 61.3 Å². The van der Waals surface area contributed by atoms with Gasteiger partial charge in [0.05, 0.1) is 12.4 Å². The summed E-state index contributed by atoms with van der Waals surface area (Å²) in [5, 5.41) is 11.4. The zero-order valence-electron chi connectivity index (χ0n) is 9.59. The highest BCUT2D eigenvalue weighted by molar-refractivity contribution is 7.80. The third-order valence-corrected chi connectivity index (χ3v) is 3.13. The van der Waals surface area contributed by atoms with Crippen LogP contribution >= 0.6 is 12.2 Å². The molecule has 1 fully saturated rings. The van der Waals surface area contributed by atoms with Gasteiger partial charge in [-0.3, -0.25) is 4.98 Å². The maximum atomic E-state index is 8.76. The van der Waals surface area contributed by atoms with Crippen molar-refractivity contribution in [3.8, 4) is 0 Å². The highest BCUT2D eigenvalue weighted by atomic mass is 32.1. The molecule has 2 rings (SSSR count). The zero-order chi connectivity index (χ0) is 12.1. The Labute approximate surface area is 106 Å². The van der Waals surface area contributed by atoms with Gasteiger partial charge in [-0.05, 0) is 19.3 Å². The van der Waals surface area contributed by atoms with Gasteiger partial charge in [0.2, 0.25) is 0 Å². The van der Waals surface area contributed by atoms with Crippen molar-refractivity contribution in [2.24, 2.45) is 0 Å². The summed E-state index contributed by atoms with van der Waals surface area (Å²) in [6.07, 6.45) is 7.05. The highest BCUT2D eigenvalue weighted by Gasteiger charge is 2.13. The van der Waals surface area contributed by atoms with Crippen molar-refractivity contribution in [1.29, 1.82) is 0 Å². The normalized spacial score (nSPS) is 15.7. The van der Waals surface area contributed by atoms with Gasteiger partial charge in [-0.15, -0.1) is 0 Å². The summed E-state index contributed by atoms with van der Waals surface area (Å²) in [5.74, 6) is 0.865. The van der Waals surface area contributed by atoms with Gasteiger partial charge < -0.3 is 15.3 Å². The van der Waals surface area contributed by atoms with Crippen molar-refractivity contribution in [2.75, 3.05) is 24.7 Å². The number of nitrogens with one attached hydrogen (secondary N) is 1. The first kappa shape index (κ1) is 12.2. The Kier molecular flexibility index (Phi) is 4.22. The van der Waals surface area contributed by atoms with Crippen molar-refractivity contribution >= 4 is 23.0 Å². The second kappa shape index (κ2) is 5.88. The average Bonchev–Trinajstić information content (AvgIpc) is 2.40. The Morgan fingerprint density at radius 3 is 2.82 bits per heavy atom. The molecule has 1 aromatic rings. The number of thiocarbonyl (C=S) groups is 1. The fourth-order valence-corrected chi connectivity index (χ4v) is 2.07. The minimum atomic E-state index is -0.186. The van der Waals surface area contributed by atoms with Gasteiger partial charge in [-0.25, -0.2) is 4.98 Å². The lowest BCUT2D eigenvalue weighted by molar-refractivity contribution is 0.287. The molecule has 5 nitrogen and oxygen atoms in total. The van der Waals surface area contributed by atoms with Gasteiger partial charge in [-0.1, -0.05) is 12.2 Å². The van der Waals surface area contributed by atoms with Gasteiger partial charge >= 0.3 is 0 Å². The number of aromatic nitrogens is 2. The summed E-state index contributed by atoms with van der Waals surface area (Å²) in [6, 6.07) is 0. The number of hydrogen-bond acceptors (Lipinski definition) is 5. The van der Waals surface area contributed by atoms with Gasteiger partial charge in [0.15, 0.2) is 0 Å². The predicted octanol–water partition coefficient (Wildman–Crippen LogP) is 0.682. The van der Waals surface area contributed by atoms with E-state index in [4.69, 9.17) is 17.3 Å². The number of hydrogen-bond donors (Lipinski definition) is 2. The van der Waals surface area contributed by atoms with Crippen LogP contribution in [-0.2, 0) is 0 Å². The highest BCUT2D eigenvalue weighted by Crippen LogP contribution is 2.16. The van der Waals surface area contributed by atoms with Crippen LogP contribution in [0, 0.1) is 0 Å². The van der Waals surface area contributed by atoms with Crippen LogP contribution in [0.3, 0.4) is 0 Å². The molecule has 1 saturated heterocycles. The van der Waals surface area contributed by atoms with E-state index in [9.17, 15) is 0 Å². The van der Waals surface area contributed by atoms with Crippen LogP contribution in [0.4, 0.5) is 5.82 Å². The van der Waals surface area contributed by atoms with Gasteiger partial charge in [0, 0.05) is 13.1 Å². The van der Waals surface area contributed by atoms with Crippen LogP contribution in [0.25, 0.3) is 0 Å². The molecule has 1 aromatic heterocycles. The van der Waals surface area contributed by atoms with E-state index in [1.54, 1.807) is 12.4 Å². The van der Waals surface area contributed by atoms with Crippen LogP contribution in [0.2, 0.25) is 0 Å². The SMILES string of the molecule is OCNC(=S)c1cncc(N2CCCCC2)n1. The molecule has 1 aliphatic heterocycles. The molecule has 0 aliphatic carbocycles. The standard InChI is InChI=1S/C11H16N4OS/c16-8-13-11(17)9-6-12-7-10(14-9)15-4-2-1-3-5-15/h6-7,16H,1-5,8H2,(H,13,17). The zero-order valence-corrected chi connectivity index (χ0v) is 10.4. The molecule has 0 bridgehead atoms. The number of aliphatic hydroxyl groups is 1. The van der Waals surface area contributed by atoms with Crippen molar-refractivity contribution in [3.63, 3.8) is 0 Å². The molecule has 0 atom stereocenters. The summed E-state index contributed by atoms with van der Waals surface area (Å²) in [4.78, 5) is 11.3. The Balaban J connectivity index is 2.12. The van der Waals surface area contributed by atoms with Crippen LogP contribution in [0.5, 0.6) is 0 Å². The molecular weight excluding hydrogens is 236 g/mol. The summed E-state index contributed by atoms with van der Waals surface area (Å²) < 4.78 is 0. The summed E-state index contributed by atoms with van der Waals surface area (Å²) in [7, 11) is 0. The molecule has 92 valence electrons. The van der Waals surface area contributed by atoms with Crippen LogP contribution in [-0.4, -0.2) is 39.9 Å². The minimum absolute atomic E-state index is 0.186. The van der Waals surface area contributed by atoms with E-state index in [1.807, 2.05) is 0 Å². The molecule has 2 heterocycles.